The van der Waals surface area contributed by atoms with Gasteiger partial charge in [0.2, 0.25) is 0 Å². The number of methoxy groups -OCH3 is 2. The SMILES string of the molecule is COc1cc(OC)cc(C(=O)N2CC=C(c3c(C)[nH]c4ccccc34)CC2)c1. The minimum Gasteiger partial charge on any atom is -0.497 e. The number of H-pyrrole nitrogens is 1. The molecule has 28 heavy (non-hydrogen) atoms. The van der Waals surface area contributed by atoms with Gasteiger partial charge in [-0.1, -0.05) is 24.3 Å². The molecule has 0 atom stereocenters. The lowest BCUT2D eigenvalue weighted by molar-refractivity contribution is 0.0772. The molecule has 0 saturated heterocycles. The van der Waals surface area contributed by atoms with Crippen LogP contribution in [0.4, 0.5) is 0 Å². The van der Waals surface area contributed by atoms with E-state index < -0.39 is 0 Å². The second kappa shape index (κ2) is 7.43. The van der Waals surface area contributed by atoms with Crippen LogP contribution in [0.1, 0.15) is 28.0 Å². The molecular formula is C23H24N2O3. The number of fused-ring (bicyclic) bond motifs is 1. The summed E-state index contributed by atoms with van der Waals surface area (Å²) >= 11 is 0. The number of benzene rings is 2. The summed E-state index contributed by atoms with van der Waals surface area (Å²) in [7, 11) is 3.17. The normalized spacial score (nSPS) is 14.1. The fourth-order valence-electron chi connectivity index (χ4n) is 3.88. The van der Waals surface area contributed by atoms with Crippen LogP contribution in [-0.4, -0.2) is 43.1 Å². The van der Waals surface area contributed by atoms with Crippen molar-refractivity contribution in [1.82, 2.24) is 9.88 Å². The predicted molar refractivity (Wildman–Crippen MR) is 111 cm³/mol. The topological polar surface area (TPSA) is 54.6 Å². The molecule has 2 heterocycles. The molecule has 0 unspecified atom stereocenters. The number of para-hydroxylation sites is 1. The molecule has 5 nitrogen and oxygen atoms in total. The van der Waals surface area contributed by atoms with Gasteiger partial charge in [0.05, 0.1) is 14.2 Å². The molecule has 1 amide bonds. The average Bonchev–Trinajstić information content (AvgIpc) is 3.08. The Morgan fingerprint density at radius 2 is 1.79 bits per heavy atom. The summed E-state index contributed by atoms with van der Waals surface area (Å²) in [5.74, 6) is 1.22. The minimum atomic E-state index is -0.0110. The number of nitrogens with one attached hydrogen (secondary N) is 1. The van der Waals surface area contributed by atoms with Crippen molar-refractivity contribution < 1.29 is 14.3 Å². The van der Waals surface area contributed by atoms with Crippen LogP contribution >= 0.6 is 0 Å². The van der Waals surface area contributed by atoms with Crippen molar-refractivity contribution in [3.8, 4) is 11.5 Å². The molecule has 5 heteroatoms. The Hall–Kier alpha value is -3.21. The van der Waals surface area contributed by atoms with Crippen molar-refractivity contribution in [1.29, 1.82) is 0 Å². The zero-order valence-electron chi connectivity index (χ0n) is 16.4. The van der Waals surface area contributed by atoms with Crippen LogP contribution in [0.3, 0.4) is 0 Å². The molecule has 0 saturated carbocycles. The van der Waals surface area contributed by atoms with Crippen LogP contribution < -0.4 is 9.47 Å². The van der Waals surface area contributed by atoms with Gasteiger partial charge in [-0.3, -0.25) is 4.79 Å². The van der Waals surface area contributed by atoms with Gasteiger partial charge in [0, 0.05) is 46.9 Å². The number of ether oxygens (including phenoxy) is 2. The van der Waals surface area contributed by atoms with E-state index in [4.69, 9.17) is 9.47 Å². The Balaban J connectivity index is 1.59. The summed E-state index contributed by atoms with van der Waals surface area (Å²) in [6.07, 6.45) is 3.00. The van der Waals surface area contributed by atoms with Gasteiger partial charge in [0.25, 0.3) is 5.91 Å². The van der Waals surface area contributed by atoms with Crippen molar-refractivity contribution in [2.24, 2.45) is 0 Å². The Labute approximate surface area is 164 Å². The van der Waals surface area contributed by atoms with E-state index in [1.165, 1.54) is 22.2 Å². The van der Waals surface area contributed by atoms with Crippen molar-refractivity contribution in [3.63, 3.8) is 0 Å². The Bertz CT molecular complexity index is 1040. The van der Waals surface area contributed by atoms with E-state index in [1.807, 2.05) is 11.0 Å². The van der Waals surface area contributed by atoms with Gasteiger partial charge < -0.3 is 19.4 Å². The summed E-state index contributed by atoms with van der Waals surface area (Å²) in [6, 6.07) is 13.6. The number of amides is 1. The van der Waals surface area contributed by atoms with Gasteiger partial charge in [-0.2, -0.15) is 0 Å². The minimum absolute atomic E-state index is 0.0110. The first-order chi connectivity index (χ1) is 13.6. The molecule has 1 aliphatic rings. The maximum Gasteiger partial charge on any atom is 0.254 e. The summed E-state index contributed by atoms with van der Waals surface area (Å²) in [5, 5.41) is 1.24. The largest absolute Gasteiger partial charge is 0.497 e. The van der Waals surface area contributed by atoms with Crippen LogP contribution in [0.5, 0.6) is 11.5 Å². The molecule has 1 aromatic heterocycles. The first-order valence-electron chi connectivity index (χ1n) is 9.39. The third kappa shape index (κ3) is 3.24. The molecule has 0 radical (unpaired) electrons. The molecular weight excluding hydrogens is 352 g/mol. The lowest BCUT2D eigenvalue weighted by Crippen LogP contribution is -2.34. The molecule has 4 rings (SSSR count). The maximum atomic E-state index is 13.0. The molecule has 144 valence electrons. The van der Waals surface area contributed by atoms with E-state index >= 15 is 0 Å². The van der Waals surface area contributed by atoms with Crippen molar-refractivity contribution in [2.75, 3.05) is 27.3 Å². The van der Waals surface area contributed by atoms with E-state index in [2.05, 4.69) is 36.2 Å². The average molecular weight is 376 g/mol. The number of nitrogens with zero attached hydrogens (tertiary/aromatic N) is 1. The predicted octanol–water partition coefficient (Wildman–Crippen LogP) is 4.42. The van der Waals surface area contributed by atoms with E-state index in [9.17, 15) is 4.79 Å². The highest BCUT2D eigenvalue weighted by molar-refractivity contribution is 5.97. The van der Waals surface area contributed by atoms with Crippen LogP contribution in [0.15, 0.2) is 48.5 Å². The monoisotopic (exact) mass is 376 g/mol. The highest BCUT2D eigenvalue weighted by atomic mass is 16.5. The number of aromatic nitrogens is 1. The molecule has 0 aliphatic carbocycles. The number of aryl methyl sites for hydroxylation is 1. The van der Waals surface area contributed by atoms with Gasteiger partial charge in [-0.25, -0.2) is 0 Å². The number of aromatic amines is 1. The Morgan fingerprint density at radius 1 is 1.07 bits per heavy atom. The number of hydrogen-bond acceptors (Lipinski definition) is 3. The molecule has 0 bridgehead atoms. The second-order valence-corrected chi connectivity index (χ2v) is 7.00. The van der Waals surface area contributed by atoms with Crippen LogP contribution in [-0.2, 0) is 0 Å². The number of rotatable bonds is 4. The van der Waals surface area contributed by atoms with Crippen LogP contribution in [0.2, 0.25) is 0 Å². The standard InChI is InChI=1S/C23H24N2O3/c1-15-22(20-6-4-5-7-21(20)24-15)16-8-10-25(11-9-16)23(26)17-12-18(27-2)14-19(13-17)28-3/h4-8,12-14,24H,9-11H2,1-3H3. The van der Waals surface area contributed by atoms with Gasteiger partial charge in [-0.15, -0.1) is 0 Å². The van der Waals surface area contributed by atoms with Crippen molar-refractivity contribution in [2.45, 2.75) is 13.3 Å². The first-order valence-corrected chi connectivity index (χ1v) is 9.39. The van der Waals surface area contributed by atoms with Crippen LogP contribution in [0, 0.1) is 6.92 Å². The summed E-state index contributed by atoms with van der Waals surface area (Å²) in [6.45, 7) is 3.38. The molecule has 1 aliphatic heterocycles. The number of carbonyl (C=O) groups is 1. The first kappa shape index (κ1) is 18.2. The van der Waals surface area contributed by atoms with E-state index in [0.29, 0.717) is 30.2 Å². The quantitative estimate of drug-likeness (QED) is 0.733. The zero-order chi connectivity index (χ0) is 19.7. The van der Waals surface area contributed by atoms with Crippen LogP contribution in [0.25, 0.3) is 16.5 Å². The third-order valence-electron chi connectivity index (χ3n) is 5.31. The van der Waals surface area contributed by atoms with Gasteiger partial charge >= 0.3 is 0 Å². The summed E-state index contributed by atoms with van der Waals surface area (Å²) in [5.41, 5.74) is 5.46. The molecule has 3 aromatic rings. The lowest BCUT2D eigenvalue weighted by Gasteiger charge is -2.27. The van der Waals surface area contributed by atoms with E-state index in [1.54, 1.807) is 32.4 Å². The number of carbonyl (C=O) groups excluding carboxylic acids is 1. The Morgan fingerprint density at radius 3 is 2.43 bits per heavy atom. The molecule has 1 N–H and O–H groups in total. The zero-order valence-corrected chi connectivity index (χ0v) is 16.4. The lowest BCUT2D eigenvalue weighted by atomic mass is 9.96. The van der Waals surface area contributed by atoms with Gasteiger partial charge in [-0.05, 0) is 37.1 Å². The third-order valence-corrected chi connectivity index (χ3v) is 5.31. The number of hydrogen-bond donors (Lipinski definition) is 1. The van der Waals surface area contributed by atoms with Gasteiger partial charge in [0.1, 0.15) is 11.5 Å². The molecule has 0 spiro atoms. The Kier molecular flexibility index (Phi) is 4.82. The van der Waals surface area contributed by atoms with Crippen molar-refractivity contribution >= 4 is 22.4 Å². The highest BCUT2D eigenvalue weighted by Crippen LogP contribution is 2.32. The fourth-order valence-corrected chi connectivity index (χ4v) is 3.88. The van der Waals surface area contributed by atoms with E-state index in [-0.39, 0.29) is 5.91 Å². The molecule has 2 aromatic carbocycles. The summed E-state index contributed by atoms with van der Waals surface area (Å²) < 4.78 is 10.6. The summed E-state index contributed by atoms with van der Waals surface area (Å²) in [4.78, 5) is 18.3. The van der Waals surface area contributed by atoms with E-state index in [0.717, 1.165) is 11.9 Å². The highest BCUT2D eigenvalue weighted by Gasteiger charge is 2.22. The fraction of sp³-hybridized carbons (Fsp3) is 0.261. The maximum absolute atomic E-state index is 13.0. The smallest absolute Gasteiger partial charge is 0.254 e. The second-order valence-electron chi connectivity index (χ2n) is 7.00. The molecule has 0 fully saturated rings. The van der Waals surface area contributed by atoms with Gasteiger partial charge in [0.15, 0.2) is 0 Å². The van der Waals surface area contributed by atoms with Crippen molar-refractivity contribution in [3.05, 3.63) is 65.4 Å².